The second kappa shape index (κ2) is 7.09. The summed E-state index contributed by atoms with van der Waals surface area (Å²) in [7, 11) is 0. The van der Waals surface area contributed by atoms with Gasteiger partial charge in [-0.2, -0.15) is 0 Å². The fourth-order valence-corrected chi connectivity index (χ4v) is 3.19. The van der Waals surface area contributed by atoms with Crippen LogP contribution in [0.3, 0.4) is 0 Å². The van der Waals surface area contributed by atoms with Gasteiger partial charge in [-0.25, -0.2) is 0 Å². The predicted octanol–water partition coefficient (Wildman–Crippen LogP) is 3.86. The van der Waals surface area contributed by atoms with Gasteiger partial charge in [0.2, 0.25) is 11.8 Å². The van der Waals surface area contributed by atoms with E-state index in [4.69, 9.17) is 0 Å². The van der Waals surface area contributed by atoms with Crippen LogP contribution in [0.25, 0.3) is 0 Å². The van der Waals surface area contributed by atoms with Gasteiger partial charge in [0.05, 0.1) is 5.92 Å². The van der Waals surface area contributed by atoms with Crippen molar-refractivity contribution in [3.8, 4) is 0 Å². The summed E-state index contributed by atoms with van der Waals surface area (Å²) >= 11 is 0. The molecular weight excluding hydrogens is 312 g/mol. The van der Waals surface area contributed by atoms with E-state index in [-0.39, 0.29) is 24.2 Å². The fourth-order valence-electron chi connectivity index (χ4n) is 3.19. The Morgan fingerprint density at radius 2 is 1.88 bits per heavy atom. The molecule has 0 saturated carbocycles. The van der Waals surface area contributed by atoms with E-state index >= 15 is 0 Å². The second-order valence-electron chi connectivity index (χ2n) is 6.74. The van der Waals surface area contributed by atoms with Crippen LogP contribution >= 0.6 is 0 Å². The van der Waals surface area contributed by atoms with E-state index in [1.165, 1.54) is 5.56 Å². The Morgan fingerprint density at radius 3 is 2.56 bits per heavy atom. The normalized spacial score (nSPS) is 17.0. The van der Waals surface area contributed by atoms with E-state index in [1.807, 2.05) is 56.3 Å². The number of carbonyl (C=O) groups excluding carboxylic acids is 2. The molecule has 1 saturated heterocycles. The van der Waals surface area contributed by atoms with E-state index in [9.17, 15) is 9.59 Å². The Bertz CT molecular complexity index is 796. The van der Waals surface area contributed by atoms with Crippen molar-refractivity contribution in [2.75, 3.05) is 16.8 Å². The molecule has 1 fully saturated rings. The Balaban J connectivity index is 1.71. The molecule has 1 atom stereocenters. The molecule has 4 nitrogen and oxygen atoms in total. The van der Waals surface area contributed by atoms with Crippen molar-refractivity contribution in [3.05, 3.63) is 59.2 Å². The molecule has 0 radical (unpaired) electrons. The summed E-state index contributed by atoms with van der Waals surface area (Å²) in [5.74, 6) is -0.404. The van der Waals surface area contributed by atoms with Crippen molar-refractivity contribution in [1.82, 2.24) is 0 Å². The molecule has 0 spiro atoms. The number of aryl methyl sites for hydroxylation is 3. The minimum Gasteiger partial charge on any atom is -0.326 e. The molecule has 3 rings (SSSR count). The molecule has 1 aliphatic heterocycles. The van der Waals surface area contributed by atoms with Crippen molar-refractivity contribution in [1.29, 1.82) is 0 Å². The maximum Gasteiger partial charge on any atom is 0.229 e. The smallest absolute Gasteiger partial charge is 0.229 e. The first kappa shape index (κ1) is 17.2. The zero-order valence-corrected chi connectivity index (χ0v) is 15.0. The molecule has 2 aromatic rings. The number of benzene rings is 2. The van der Waals surface area contributed by atoms with Crippen LogP contribution in [0, 0.1) is 19.8 Å². The molecule has 0 aliphatic carbocycles. The van der Waals surface area contributed by atoms with Crippen molar-refractivity contribution in [2.24, 2.45) is 5.92 Å². The topological polar surface area (TPSA) is 49.4 Å². The first-order valence-electron chi connectivity index (χ1n) is 8.75. The monoisotopic (exact) mass is 336 g/mol. The summed E-state index contributed by atoms with van der Waals surface area (Å²) < 4.78 is 0. The summed E-state index contributed by atoms with van der Waals surface area (Å²) in [5.41, 5.74) is 5.08. The third-order valence-corrected chi connectivity index (χ3v) is 4.78. The first-order chi connectivity index (χ1) is 12.0. The van der Waals surface area contributed by atoms with Crippen molar-refractivity contribution < 1.29 is 9.59 Å². The molecule has 4 heteroatoms. The SMILES string of the molecule is CCc1ccc(NC(=O)[C@H]2CC(=O)N(c3cc(C)ccc3C)C2)cc1. The molecular formula is C21H24N2O2. The maximum atomic E-state index is 12.6. The predicted molar refractivity (Wildman–Crippen MR) is 101 cm³/mol. The quantitative estimate of drug-likeness (QED) is 0.922. The van der Waals surface area contributed by atoms with Crippen LogP contribution in [-0.4, -0.2) is 18.4 Å². The van der Waals surface area contributed by atoms with Gasteiger partial charge in [0, 0.05) is 24.3 Å². The number of anilines is 2. The summed E-state index contributed by atoms with van der Waals surface area (Å²) in [6.45, 7) is 6.53. The first-order valence-corrected chi connectivity index (χ1v) is 8.75. The third kappa shape index (κ3) is 3.73. The molecule has 0 aromatic heterocycles. The molecule has 0 bridgehead atoms. The Labute approximate surface area is 148 Å². The minimum atomic E-state index is -0.321. The molecule has 130 valence electrons. The second-order valence-corrected chi connectivity index (χ2v) is 6.74. The molecule has 0 unspecified atom stereocenters. The maximum absolute atomic E-state index is 12.6. The van der Waals surface area contributed by atoms with Crippen LogP contribution in [0.5, 0.6) is 0 Å². The van der Waals surface area contributed by atoms with Crippen molar-refractivity contribution in [2.45, 2.75) is 33.6 Å². The number of hydrogen-bond donors (Lipinski definition) is 1. The van der Waals surface area contributed by atoms with Gasteiger partial charge in [0.1, 0.15) is 0 Å². The van der Waals surface area contributed by atoms with Gasteiger partial charge in [0.15, 0.2) is 0 Å². The van der Waals surface area contributed by atoms with Gasteiger partial charge in [-0.15, -0.1) is 0 Å². The third-order valence-electron chi connectivity index (χ3n) is 4.78. The standard InChI is InChI=1S/C21H24N2O2/c1-4-16-7-9-18(10-8-16)22-21(25)17-12-20(24)23(13-17)19-11-14(2)5-6-15(19)3/h5-11,17H,4,12-13H2,1-3H3,(H,22,25)/t17-/m0/s1. The molecule has 2 aromatic carbocycles. The number of rotatable bonds is 4. The fraction of sp³-hybridized carbons (Fsp3) is 0.333. The summed E-state index contributed by atoms with van der Waals surface area (Å²) in [6, 6.07) is 13.9. The van der Waals surface area contributed by atoms with Crippen LogP contribution in [0.2, 0.25) is 0 Å². The van der Waals surface area contributed by atoms with E-state index < -0.39 is 0 Å². The lowest BCUT2D eigenvalue weighted by Gasteiger charge is -2.19. The number of amides is 2. The average Bonchev–Trinajstić information content (AvgIpc) is 2.99. The van der Waals surface area contributed by atoms with Gasteiger partial charge >= 0.3 is 0 Å². The zero-order chi connectivity index (χ0) is 18.0. The van der Waals surface area contributed by atoms with Crippen LogP contribution in [-0.2, 0) is 16.0 Å². The van der Waals surface area contributed by atoms with Gasteiger partial charge < -0.3 is 10.2 Å². The lowest BCUT2D eigenvalue weighted by atomic mass is 10.1. The lowest BCUT2D eigenvalue weighted by Crippen LogP contribution is -2.28. The molecule has 25 heavy (non-hydrogen) atoms. The van der Waals surface area contributed by atoms with E-state index in [2.05, 4.69) is 12.2 Å². The van der Waals surface area contributed by atoms with Crippen LogP contribution in [0.1, 0.15) is 30.0 Å². The highest BCUT2D eigenvalue weighted by Crippen LogP contribution is 2.29. The molecule has 1 aliphatic rings. The Kier molecular flexibility index (Phi) is 4.88. The van der Waals surface area contributed by atoms with Gasteiger partial charge in [-0.05, 0) is 55.2 Å². The van der Waals surface area contributed by atoms with Gasteiger partial charge in [-0.3, -0.25) is 9.59 Å². The Hall–Kier alpha value is -2.62. The highest BCUT2D eigenvalue weighted by molar-refractivity contribution is 6.03. The van der Waals surface area contributed by atoms with E-state index in [0.29, 0.717) is 6.54 Å². The highest BCUT2D eigenvalue weighted by atomic mass is 16.2. The number of carbonyl (C=O) groups is 2. The highest BCUT2D eigenvalue weighted by Gasteiger charge is 2.35. The Morgan fingerprint density at radius 1 is 1.16 bits per heavy atom. The number of hydrogen-bond acceptors (Lipinski definition) is 2. The molecule has 1 N–H and O–H groups in total. The summed E-state index contributed by atoms with van der Waals surface area (Å²) in [4.78, 5) is 26.7. The average molecular weight is 336 g/mol. The number of nitrogens with one attached hydrogen (secondary N) is 1. The summed E-state index contributed by atoms with van der Waals surface area (Å²) in [6.07, 6.45) is 1.22. The molecule has 1 heterocycles. The lowest BCUT2D eigenvalue weighted by molar-refractivity contribution is -0.122. The minimum absolute atomic E-state index is 0.00943. The van der Waals surface area contributed by atoms with Crippen molar-refractivity contribution >= 4 is 23.2 Å². The largest absolute Gasteiger partial charge is 0.326 e. The van der Waals surface area contributed by atoms with E-state index in [0.717, 1.165) is 28.9 Å². The number of nitrogens with zero attached hydrogens (tertiary/aromatic N) is 1. The zero-order valence-electron chi connectivity index (χ0n) is 15.0. The molecule has 2 amide bonds. The van der Waals surface area contributed by atoms with Gasteiger partial charge in [-0.1, -0.05) is 31.2 Å². The van der Waals surface area contributed by atoms with Crippen LogP contribution in [0.4, 0.5) is 11.4 Å². The van der Waals surface area contributed by atoms with E-state index in [1.54, 1.807) is 4.90 Å². The van der Waals surface area contributed by atoms with Crippen molar-refractivity contribution in [3.63, 3.8) is 0 Å². The van der Waals surface area contributed by atoms with Crippen LogP contribution < -0.4 is 10.2 Å². The summed E-state index contributed by atoms with van der Waals surface area (Å²) in [5, 5.41) is 2.94. The van der Waals surface area contributed by atoms with Crippen LogP contribution in [0.15, 0.2) is 42.5 Å². The van der Waals surface area contributed by atoms with Gasteiger partial charge in [0.25, 0.3) is 0 Å².